The number of halogens is 4. The highest BCUT2D eigenvalue weighted by molar-refractivity contribution is 5.92. The molecule has 6 nitrogen and oxygen atoms in total. The van der Waals surface area contributed by atoms with Gasteiger partial charge in [-0.15, -0.1) is 0 Å². The van der Waals surface area contributed by atoms with E-state index in [0.717, 1.165) is 12.1 Å². The van der Waals surface area contributed by atoms with Gasteiger partial charge in [0.25, 0.3) is 0 Å². The molecule has 1 fully saturated rings. The van der Waals surface area contributed by atoms with Crippen LogP contribution in [0.4, 0.5) is 33.7 Å². The van der Waals surface area contributed by atoms with E-state index in [1.165, 1.54) is 29.2 Å². The van der Waals surface area contributed by atoms with Gasteiger partial charge in [0.1, 0.15) is 5.82 Å². The highest BCUT2D eigenvalue weighted by Gasteiger charge is 2.22. The first-order chi connectivity index (χ1) is 14.3. The number of carbonyl (C=O) groups excluding carboxylic acids is 2. The third kappa shape index (κ3) is 5.47. The maximum Gasteiger partial charge on any atom is 0.321 e. The molecular formula is C20H20F4N4O2. The fraction of sp³-hybridized carbons (Fsp3) is 0.300. The monoisotopic (exact) mass is 424 g/mol. The van der Waals surface area contributed by atoms with Gasteiger partial charge in [-0.2, -0.15) is 0 Å². The van der Waals surface area contributed by atoms with Crippen molar-refractivity contribution in [2.24, 2.45) is 0 Å². The maximum atomic E-state index is 13.8. The molecule has 2 N–H and O–H groups in total. The molecule has 1 saturated heterocycles. The Hall–Kier alpha value is -3.14. The Morgan fingerprint density at radius 2 is 1.57 bits per heavy atom. The number of carbonyl (C=O) groups is 2. The van der Waals surface area contributed by atoms with Crippen molar-refractivity contribution in [1.29, 1.82) is 0 Å². The van der Waals surface area contributed by atoms with E-state index in [9.17, 15) is 27.2 Å². The van der Waals surface area contributed by atoms with Gasteiger partial charge in [0.15, 0.2) is 17.5 Å². The van der Waals surface area contributed by atoms with E-state index in [1.807, 2.05) is 4.90 Å². The number of benzene rings is 2. The predicted octanol–water partition coefficient (Wildman–Crippen LogP) is 3.42. The Morgan fingerprint density at radius 3 is 2.30 bits per heavy atom. The third-order valence-corrected chi connectivity index (χ3v) is 4.65. The van der Waals surface area contributed by atoms with Crippen LogP contribution >= 0.6 is 0 Å². The van der Waals surface area contributed by atoms with Gasteiger partial charge >= 0.3 is 6.03 Å². The van der Waals surface area contributed by atoms with Crippen molar-refractivity contribution in [3.05, 3.63) is 59.7 Å². The van der Waals surface area contributed by atoms with Crippen LogP contribution in [0, 0.1) is 23.3 Å². The average molecular weight is 424 g/mol. The minimum atomic E-state index is -1.65. The molecule has 0 saturated carbocycles. The van der Waals surface area contributed by atoms with E-state index in [-0.39, 0.29) is 19.0 Å². The largest absolute Gasteiger partial charge is 0.325 e. The van der Waals surface area contributed by atoms with Gasteiger partial charge < -0.3 is 15.5 Å². The molecular weight excluding hydrogens is 404 g/mol. The molecule has 0 aliphatic carbocycles. The van der Waals surface area contributed by atoms with Crippen LogP contribution in [0.5, 0.6) is 0 Å². The number of urea groups is 1. The molecule has 2 aromatic carbocycles. The molecule has 3 amide bonds. The van der Waals surface area contributed by atoms with E-state index in [0.29, 0.717) is 31.7 Å². The van der Waals surface area contributed by atoms with Crippen LogP contribution in [-0.4, -0.2) is 54.5 Å². The maximum absolute atomic E-state index is 13.8. The minimum Gasteiger partial charge on any atom is -0.325 e. The van der Waals surface area contributed by atoms with Gasteiger partial charge in [-0.1, -0.05) is 0 Å². The topological polar surface area (TPSA) is 64.7 Å². The first kappa shape index (κ1) is 21.6. The highest BCUT2D eigenvalue weighted by atomic mass is 19.2. The summed E-state index contributed by atoms with van der Waals surface area (Å²) in [4.78, 5) is 27.8. The zero-order valence-corrected chi connectivity index (χ0v) is 15.9. The summed E-state index contributed by atoms with van der Waals surface area (Å²) in [5.41, 5.74) is 0.0319. The quantitative estimate of drug-likeness (QED) is 0.584. The number of hydrogen-bond donors (Lipinski definition) is 2. The third-order valence-electron chi connectivity index (χ3n) is 4.65. The molecule has 0 aromatic heterocycles. The summed E-state index contributed by atoms with van der Waals surface area (Å²) in [5, 5.41) is 4.92. The van der Waals surface area contributed by atoms with E-state index >= 15 is 0 Å². The average Bonchev–Trinajstić information content (AvgIpc) is 2.95. The molecule has 160 valence electrons. The summed E-state index contributed by atoms with van der Waals surface area (Å²) < 4.78 is 53.0. The highest BCUT2D eigenvalue weighted by Crippen LogP contribution is 2.20. The van der Waals surface area contributed by atoms with Crippen molar-refractivity contribution in [3.8, 4) is 0 Å². The Balaban J connectivity index is 1.51. The second-order valence-electron chi connectivity index (χ2n) is 6.82. The fourth-order valence-electron chi connectivity index (χ4n) is 3.09. The molecule has 1 aliphatic rings. The second-order valence-corrected chi connectivity index (χ2v) is 6.82. The predicted molar refractivity (Wildman–Crippen MR) is 103 cm³/mol. The smallest absolute Gasteiger partial charge is 0.321 e. The van der Waals surface area contributed by atoms with Gasteiger partial charge in [0, 0.05) is 31.9 Å². The first-order valence-corrected chi connectivity index (χ1v) is 9.30. The number of nitrogens with zero attached hydrogens (tertiary/aromatic N) is 2. The van der Waals surface area contributed by atoms with Crippen molar-refractivity contribution < 1.29 is 27.2 Å². The van der Waals surface area contributed by atoms with Gasteiger partial charge in [0.05, 0.1) is 12.2 Å². The number of rotatable bonds is 4. The summed E-state index contributed by atoms with van der Waals surface area (Å²) in [7, 11) is 0. The fourth-order valence-corrected chi connectivity index (χ4v) is 3.09. The lowest BCUT2D eigenvalue weighted by atomic mass is 10.3. The second kappa shape index (κ2) is 9.57. The van der Waals surface area contributed by atoms with E-state index in [2.05, 4.69) is 10.6 Å². The lowest BCUT2D eigenvalue weighted by molar-refractivity contribution is -0.117. The van der Waals surface area contributed by atoms with Crippen molar-refractivity contribution in [2.75, 3.05) is 43.4 Å². The zero-order valence-electron chi connectivity index (χ0n) is 15.9. The lowest BCUT2D eigenvalue weighted by Gasteiger charge is -2.22. The number of hydrogen-bond acceptors (Lipinski definition) is 3. The van der Waals surface area contributed by atoms with Crippen LogP contribution in [0.1, 0.15) is 6.42 Å². The van der Waals surface area contributed by atoms with Crippen LogP contribution < -0.4 is 10.6 Å². The zero-order chi connectivity index (χ0) is 21.7. The van der Waals surface area contributed by atoms with Gasteiger partial charge in [-0.3, -0.25) is 9.69 Å². The Kier molecular flexibility index (Phi) is 6.88. The number of anilines is 2. The molecule has 1 aliphatic heterocycles. The van der Waals surface area contributed by atoms with Crippen molar-refractivity contribution in [3.63, 3.8) is 0 Å². The van der Waals surface area contributed by atoms with Crippen molar-refractivity contribution in [2.45, 2.75) is 6.42 Å². The molecule has 0 atom stereocenters. The summed E-state index contributed by atoms with van der Waals surface area (Å²) >= 11 is 0. The van der Waals surface area contributed by atoms with Crippen LogP contribution in [0.15, 0.2) is 36.4 Å². The molecule has 3 rings (SSSR count). The Morgan fingerprint density at radius 1 is 0.833 bits per heavy atom. The molecule has 2 aromatic rings. The summed E-state index contributed by atoms with van der Waals surface area (Å²) in [5.74, 6) is -5.13. The molecule has 0 bridgehead atoms. The Labute approximate surface area is 170 Å². The summed E-state index contributed by atoms with van der Waals surface area (Å²) in [6, 6.07) is 6.45. The van der Waals surface area contributed by atoms with Crippen LogP contribution in [0.25, 0.3) is 0 Å². The summed E-state index contributed by atoms with van der Waals surface area (Å²) in [6.07, 6.45) is 0.567. The van der Waals surface area contributed by atoms with E-state index < -0.39 is 35.0 Å². The van der Waals surface area contributed by atoms with Gasteiger partial charge in [-0.05, 0) is 42.8 Å². The molecule has 0 spiro atoms. The molecule has 0 radical (unpaired) electrons. The molecule has 1 heterocycles. The summed E-state index contributed by atoms with van der Waals surface area (Å²) in [6.45, 7) is 1.66. The Bertz CT molecular complexity index is 924. The van der Waals surface area contributed by atoms with E-state index in [4.69, 9.17) is 0 Å². The van der Waals surface area contributed by atoms with Crippen LogP contribution in [0.2, 0.25) is 0 Å². The molecule has 0 unspecified atom stereocenters. The molecule has 30 heavy (non-hydrogen) atoms. The number of nitrogens with one attached hydrogen (secondary N) is 2. The van der Waals surface area contributed by atoms with Crippen molar-refractivity contribution in [1.82, 2.24) is 9.80 Å². The van der Waals surface area contributed by atoms with Crippen LogP contribution in [-0.2, 0) is 4.79 Å². The standard InChI is InChI=1S/C20H20F4N4O2/c21-13-2-4-14(5-3-13)25-17(29)12-27-8-1-9-28(11-10-27)20(30)26-16-7-6-15(22)18(23)19(16)24/h2-7H,1,8-12H2,(H,25,29)(H,26,30). The number of amides is 3. The SMILES string of the molecule is O=C(CN1CCCN(C(=O)Nc2ccc(F)c(F)c2F)CC1)Nc1ccc(F)cc1. The van der Waals surface area contributed by atoms with Gasteiger partial charge in [-0.25, -0.2) is 22.4 Å². The minimum absolute atomic E-state index is 0.0879. The molecule has 10 heteroatoms. The normalized spacial score (nSPS) is 14.9. The van der Waals surface area contributed by atoms with Crippen LogP contribution in [0.3, 0.4) is 0 Å². The van der Waals surface area contributed by atoms with Crippen molar-refractivity contribution >= 4 is 23.3 Å². The van der Waals surface area contributed by atoms with E-state index in [1.54, 1.807) is 0 Å². The first-order valence-electron chi connectivity index (χ1n) is 9.30. The van der Waals surface area contributed by atoms with Gasteiger partial charge in [0.2, 0.25) is 5.91 Å². The lowest BCUT2D eigenvalue weighted by Crippen LogP contribution is -2.39.